The van der Waals surface area contributed by atoms with E-state index < -0.39 is 11.2 Å². The van der Waals surface area contributed by atoms with Gasteiger partial charge in [-0.3, -0.25) is 18.7 Å². The van der Waals surface area contributed by atoms with Gasteiger partial charge in [-0.25, -0.2) is 4.79 Å². The number of benzene rings is 1. The normalized spacial score (nSPS) is 10.3. The predicted octanol–water partition coefficient (Wildman–Crippen LogP) is 0.664. The van der Waals surface area contributed by atoms with Crippen molar-refractivity contribution < 1.29 is 4.79 Å². The SMILES string of the molecule is CN(c1ccccc1)c1c(C=O)c(=O)n(C)c(=O)n1C. The first-order chi connectivity index (χ1) is 9.49. The first-order valence-electron chi connectivity index (χ1n) is 6.03. The number of aromatic nitrogens is 2. The molecule has 0 saturated carbocycles. The molecule has 1 aromatic heterocycles. The van der Waals surface area contributed by atoms with Crippen molar-refractivity contribution in [1.82, 2.24) is 9.13 Å². The van der Waals surface area contributed by atoms with Gasteiger partial charge >= 0.3 is 5.69 Å². The second kappa shape index (κ2) is 5.16. The van der Waals surface area contributed by atoms with Gasteiger partial charge in [0.05, 0.1) is 0 Å². The number of aldehydes is 1. The van der Waals surface area contributed by atoms with Crippen LogP contribution in [0.5, 0.6) is 0 Å². The largest absolute Gasteiger partial charge is 0.332 e. The Morgan fingerprint density at radius 1 is 1.05 bits per heavy atom. The summed E-state index contributed by atoms with van der Waals surface area (Å²) < 4.78 is 2.21. The molecule has 0 unspecified atom stereocenters. The molecule has 0 spiro atoms. The standard InChI is InChI=1S/C14H15N3O3/c1-15(10-7-5-4-6-8-10)12-11(9-18)13(19)17(3)14(20)16(12)2/h4-9H,1-3H3. The van der Waals surface area contributed by atoms with Crippen LogP contribution in [0, 0.1) is 0 Å². The molecule has 1 heterocycles. The number of nitrogens with zero attached hydrogens (tertiary/aromatic N) is 3. The van der Waals surface area contributed by atoms with Crippen molar-refractivity contribution in [2.45, 2.75) is 0 Å². The molecule has 0 radical (unpaired) electrons. The number of hydrogen-bond acceptors (Lipinski definition) is 4. The maximum Gasteiger partial charge on any atom is 0.332 e. The molecule has 2 rings (SSSR count). The molecule has 20 heavy (non-hydrogen) atoms. The minimum absolute atomic E-state index is 0.0408. The maximum atomic E-state index is 12.0. The topological polar surface area (TPSA) is 64.3 Å². The summed E-state index contributed by atoms with van der Waals surface area (Å²) in [5.74, 6) is 0.277. The van der Waals surface area contributed by atoms with Crippen LogP contribution in [0.15, 0.2) is 39.9 Å². The summed E-state index contributed by atoms with van der Waals surface area (Å²) in [7, 11) is 4.59. The molecular weight excluding hydrogens is 258 g/mol. The number of para-hydroxylation sites is 1. The fourth-order valence-electron chi connectivity index (χ4n) is 2.14. The molecule has 6 nitrogen and oxygen atoms in total. The van der Waals surface area contributed by atoms with Gasteiger partial charge in [0.1, 0.15) is 11.4 Å². The second-order valence-corrected chi connectivity index (χ2v) is 4.46. The lowest BCUT2D eigenvalue weighted by molar-refractivity contribution is 0.112. The molecule has 2 aromatic rings. The highest BCUT2D eigenvalue weighted by Crippen LogP contribution is 2.22. The highest BCUT2D eigenvalue weighted by Gasteiger charge is 2.19. The molecule has 6 heteroatoms. The summed E-state index contributed by atoms with van der Waals surface area (Å²) in [6.07, 6.45) is 0.483. The van der Waals surface area contributed by atoms with Crippen molar-refractivity contribution >= 4 is 17.8 Å². The molecule has 0 atom stereocenters. The second-order valence-electron chi connectivity index (χ2n) is 4.46. The molecule has 0 N–H and O–H groups in total. The number of rotatable bonds is 3. The highest BCUT2D eigenvalue weighted by atomic mass is 16.2. The molecular formula is C14H15N3O3. The monoisotopic (exact) mass is 273 g/mol. The van der Waals surface area contributed by atoms with Crippen molar-refractivity contribution in [3.63, 3.8) is 0 Å². The van der Waals surface area contributed by atoms with E-state index in [0.717, 1.165) is 10.3 Å². The number of anilines is 2. The molecule has 0 aliphatic rings. The van der Waals surface area contributed by atoms with Gasteiger partial charge in [0.2, 0.25) is 0 Å². The van der Waals surface area contributed by atoms with Gasteiger partial charge in [0, 0.05) is 26.8 Å². The van der Waals surface area contributed by atoms with E-state index in [-0.39, 0.29) is 11.4 Å². The Labute approximate surface area is 115 Å². The van der Waals surface area contributed by atoms with Crippen LogP contribution in [0.2, 0.25) is 0 Å². The van der Waals surface area contributed by atoms with E-state index in [1.54, 1.807) is 11.9 Å². The summed E-state index contributed by atoms with van der Waals surface area (Å²) >= 11 is 0. The Morgan fingerprint density at radius 2 is 1.65 bits per heavy atom. The first kappa shape index (κ1) is 13.8. The summed E-state index contributed by atoms with van der Waals surface area (Å²) in [6, 6.07) is 9.20. The zero-order valence-corrected chi connectivity index (χ0v) is 11.5. The maximum absolute atomic E-state index is 12.0. The lowest BCUT2D eigenvalue weighted by Gasteiger charge is -2.23. The fraction of sp³-hybridized carbons (Fsp3) is 0.214. The van der Waals surface area contributed by atoms with Crippen LogP contribution >= 0.6 is 0 Å². The minimum atomic E-state index is -0.596. The molecule has 0 saturated heterocycles. The molecule has 0 bridgehead atoms. The van der Waals surface area contributed by atoms with Crippen LogP contribution < -0.4 is 16.1 Å². The van der Waals surface area contributed by atoms with E-state index >= 15 is 0 Å². The minimum Gasteiger partial charge on any atom is -0.330 e. The summed E-state index contributed by atoms with van der Waals surface area (Å²) in [5.41, 5.74) is -0.334. The third-order valence-corrected chi connectivity index (χ3v) is 3.25. The van der Waals surface area contributed by atoms with E-state index in [9.17, 15) is 14.4 Å². The average molecular weight is 273 g/mol. The molecule has 0 aliphatic heterocycles. The van der Waals surface area contributed by atoms with Crippen LogP contribution in [0.25, 0.3) is 0 Å². The van der Waals surface area contributed by atoms with Crippen molar-refractivity contribution in [2.24, 2.45) is 14.1 Å². The van der Waals surface area contributed by atoms with Crippen molar-refractivity contribution in [1.29, 1.82) is 0 Å². The van der Waals surface area contributed by atoms with Gasteiger partial charge in [-0.1, -0.05) is 18.2 Å². The lowest BCUT2D eigenvalue weighted by Crippen LogP contribution is -2.41. The Hall–Kier alpha value is -2.63. The summed E-state index contributed by atoms with van der Waals surface area (Å²) in [4.78, 5) is 36.9. The fourth-order valence-corrected chi connectivity index (χ4v) is 2.14. The van der Waals surface area contributed by atoms with Crippen LogP contribution in [0.1, 0.15) is 10.4 Å². The highest BCUT2D eigenvalue weighted by molar-refractivity contribution is 5.84. The van der Waals surface area contributed by atoms with E-state index in [4.69, 9.17) is 0 Å². The van der Waals surface area contributed by atoms with Crippen LogP contribution in [0.3, 0.4) is 0 Å². The van der Waals surface area contributed by atoms with E-state index in [0.29, 0.717) is 6.29 Å². The molecule has 0 amide bonds. The molecule has 0 aliphatic carbocycles. The van der Waals surface area contributed by atoms with E-state index in [1.165, 1.54) is 18.7 Å². The smallest absolute Gasteiger partial charge is 0.330 e. The predicted molar refractivity (Wildman–Crippen MR) is 76.8 cm³/mol. The van der Waals surface area contributed by atoms with E-state index in [2.05, 4.69) is 0 Å². The third kappa shape index (κ3) is 2.05. The van der Waals surface area contributed by atoms with Gasteiger partial charge in [-0.15, -0.1) is 0 Å². The summed E-state index contributed by atoms with van der Waals surface area (Å²) in [6.45, 7) is 0. The van der Waals surface area contributed by atoms with Gasteiger partial charge in [0.15, 0.2) is 6.29 Å². The molecule has 104 valence electrons. The van der Waals surface area contributed by atoms with Crippen LogP contribution in [-0.2, 0) is 14.1 Å². The average Bonchev–Trinajstić information content (AvgIpc) is 2.48. The van der Waals surface area contributed by atoms with Gasteiger partial charge < -0.3 is 4.90 Å². The van der Waals surface area contributed by atoms with Gasteiger partial charge in [0.25, 0.3) is 5.56 Å². The summed E-state index contributed by atoms with van der Waals surface area (Å²) in [5, 5.41) is 0. The van der Waals surface area contributed by atoms with Crippen LogP contribution in [0.4, 0.5) is 11.5 Å². The van der Waals surface area contributed by atoms with Crippen LogP contribution in [-0.4, -0.2) is 22.5 Å². The number of carbonyl (C=O) groups is 1. The Morgan fingerprint density at radius 3 is 2.20 bits per heavy atom. The van der Waals surface area contributed by atoms with Crippen molar-refractivity contribution in [3.8, 4) is 0 Å². The van der Waals surface area contributed by atoms with Gasteiger partial charge in [-0.2, -0.15) is 0 Å². The van der Waals surface area contributed by atoms with Crippen molar-refractivity contribution in [2.75, 3.05) is 11.9 Å². The zero-order valence-electron chi connectivity index (χ0n) is 11.5. The Balaban J connectivity index is 2.78. The zero-order chi connectivity index (χ0) is 14.9. The Bertz CT molecular complexity index is 760. The lowest BCUT2D eigenvalue weighted by atomic mass is 10.2. The van der Waals surface area contributed by atoms with Gasteiger partial charge in [-0.05, 0) is 12.1 Å². The first-order valence-corrected chi connectivity index (χ1v) is 6.03. The molecule has 1 aromatic carbocycles. The Kier molecular flexibility index (Phi) is 3.56. The molecule has 0 fully saturated rings. The third-order valence-electron chi connectivity index (χ3n) is 3.25. The van der Waals surface area contributed by atoms with E-state index in [1.807, 2.05) is 30.3 Å². The number of hydrogen-bond donors (Lipinski definition) is 0. The quantitative estimate of drug-likeness (QED) is 0.771. The number of carbonyl (C=O) groups excluding carboxylic acids is 1. The van der Waals surface area contributed by atoms with Crippen molar-refractivity contribution in [3.05, 3.63) is 56.7 Å².